The van der Waals surface area contributed by atoms with Crippen LogP contribution < -0.4 is 0 Å². The minimum atomic E-state index is -0.836. The number of carboxylic acid groups (broad SMARTS) is 1. The molecule has 0 aliphatic carbocycles. The molecule has 0 fully saturated rings. The Morgan fingerprint density at radius 1 is 1.42 bits per heavy atom. The molecule has 1 heterocycles. The number of aliphatic carboxylic acids is 1. The number of nitro groups is 1. The van der Waals surface area contributed by atoms with Crippen molar-refractivity contribution in [1.82, 2.24) is 4.90 Å². The first-order chi connectivity index (χ1) is 11.3. The molecule has 1 aromatic carbocycles. The quantitative estimate of drug-likeness (QED) is 0.564. The molecule has 1 atom stereocenters. The van der Waals surface area contributed by atoms with E-state index in [1.165, 1.54) is 12.1 Å². The van der Waals surface area contributed by atoms with Gasteiger partial charge < -0.3 is 9.52 Å². The van der Waals surface area contributed by atoms with Crippen LogP contribution in [-0.4, -0.2) is 34.5 Å². The standard InChI is InChI=1S/C16H17BrN2O5/c1-10(16(20)21)8-18(2)9-12-4-6-15(24-12)13-5-3-11(19(22)23)7-14(13)17/h3-7,10H,8-9H2,1-2H3,(H,20,21). The van der Waals surface area contributed by atoms with Gasteiger partial charge in [-0.3, -0.25) is 19.8 Å². The minimum absolute atomic E-state index is 0.000189. The summed E-state index contributed by atoms with van der Waals surface area (Å²) in [5.74, 6) is -0.0214. The third-order valence-electron chi connectivity index (χ3n) is 3.52. The van der Waals surface area contributed by atoms with Crippen molar-refractivity contribution in [2.75, 3.05) is 13.6 Å². The smallest absolute Gasteiger partial charge is 0.307 e. The van der Waals surface area contributed by atoms with Crippen LogP contribution in [0.25, 0.3) is 11.3 Å². The summed E-state index contributed by atoms with van der Waals surface area (Å²) in [5, 5.41) is 19.7. The van der Waals surface area contributed by atoms with Crippen molar-refractivity contribution in [3.8, 4) is 11.3 Å². The van der Waals surface area contributed by atoms with Gasteiger partial charge in [-0.15, -0.1) is 0 Å². The lowest BCUT2D eigenvalue weighted by Crippen LogP contribution is -2.28. The van der Waals surface area contributed by atoms with Gasteiger partial charge >= 0.3 is 5.97 Å². The number of benzene rings is 1. The van der Waals surface area contributed by atoms with Crippen LogP contribution in [0.1, 0.15) is 12.7 Å². The van der Waals surface area contributed by atoms with Gasteiger partial charge in [-0.2, -0.15) is 0 Å². The van der Waals surface area contributed by atoms with Gasteiger partial charge in [0, 0.05) is 28.7 Å². The SMILES string of the molecule is CC(CN(C)Cc1ccc(-c2ccc([N+](=O)[O-])cc2Br)o1)C(=O)O. The molecule has 7 nitrogen and oxygen atoms in total. The summed E-state index contributed by atoms with van der Waals surface area (Å²) in [5.41, 5.74) is 0.716. The molecule has 0 radical (unpaired) electrons. The van der Waals surface area contributed by atoms with Gasteiger partial charge in [0.15, 0.2) is 0 Å². The molecular formula is C16H17BrN2O5. The molecule has 1 unspecified atom stereocenters. The van der Waals surface area contributed by atoms with Crippen LogP contribution in [-0.2, 0) is 11.3 Å². The van der Waals surface area contributed by atoms with Crippen LogP contribution in [0.15, 0.2) is 39.2 Å². The van der Waals surface area contributed by atoms with Crippen molar-refractivity contribution in [2.24, 2.45) is 5.92 Å². The molecule has 0 aliphatic heterocycles. The average molecular weight is 397 g/mol. The van der Waals surface area contributed by atoms with Crippen LogP contribution in [0.4, 0.5) is 5.69 Å². The second kappa shape index (κ2) is 7.59. The maximum absolute atomic E-state index is 10.9. The van der Waals surface area contributed by atoms with E-state index >= 15 is 0 Å². The molecule has 2 aromatic rings. The van der Waals surface area contributed by atoms with Crippen molar-refractivity contribution in [3.05, 3.63) is 50.7 Å². The van der Waals surface area contributed by atoms with E-state index in [0.29, 0.717) is 34.6 Å². The fraction of sp³-hybridized carbons (Fsp3) is 0.312. The Morgan fingerprint density at radius 2 is 2.12 bits per heavy atom. The minimum Gasteiger partial charge on any atom is -0.481 e. The van der Waals surface area contributed by atoms with Crippen molar-refractivity contribution in [3.63, 3.8) is 0 Å². The second-order valence-electron chi connectivity index (χ2n) is 5.62. The Labute approximate surface area is 147 Å². The molecule has 0 spiro atoms. The second-order valence-corrected chi connectivity index (χ2v) is 6.48. The molecule has 0 bridgehead atoms. The first-order valence-corrected chi connectivity index (χ1v) is 8.01. The number of halogens is 1. The topological polar surface area (TPSA) is 96.8 Å². The highest BCUT2D eigenvalue weighted by atomic mass is 79.9. The molecule has 128 valence electrons. The van der Waals surface area contributed by atoms with Gasteiger partial charge in [-0.05, 0) is 41.2 Å². The highest BCUT2D eigenvalue weighted by Gasteiger charge is 2.16. The molecule has 24 heavy (non-hydrogen) atoms. The van der Waals surface area contributed by atoms with Crippen LogP contribution in [0.3, 0.4) is 0 Å². The summed E-state index contributed by atoms with van der Waals surface area (Å²) in [7, 11) is 1.82. The van der Waals surface area contributed by atoms with Crippen LogP contribution in [0.2, 0.25) is 0 Å². The molecule has 0 saturated heterocycles. The summed E-state index contributed by atoms with van der Waals surface area (Å²) < 4.78 is 6.35. The molecule has 2 rings (SSSR count). The average Bonchev–Trinajstić information content (AvgIpc) is 2.94. The van der Waals surface area contributed by atoms with Crippen LogP contribution in [0.5, 0.6) is 0 Å². The number of furan rings is 1. The van der Waals surface area contributed by atoms with Crippen molar-refractivity contribution < 1.29 is 19.2 Å². The van der Waals surface area contributed by atoms with E-state index < -0.39 is 16.8 Å². The number of nitro benzene ring substituents is 1. The summed E-state index contributed by atoms with van der Waals surface area (Å²) in [4.78, 5) is 23.1. The van der Waals surface area contributed by atoms with Crippen molar-refractivity contribution >= 4 is 27.6 Å². The first kappa shape index (κ1) is 18.2. The normalized spacial score (nSPS) is 12.3. The van der Waals surface area contributed by atoms with Gasteiger partial charge in [0.05, 0.1) is 17.4 Å². The predicted octanol–water partition coefficient (Wildman–Crippen LogP) is 3.77. The zero-order valence-corrected chi connectivity index (χ0v) is 14.8. The Hall–Kier alpha value is -2.19. The fourth-order valence-electron chi connectivity index (χ4n) is 2.30. The number of non-ortho nitro benzene ring substituents is 1. The Kier molecular flexibility index (Phi) is 5.74. The first-order valence-electron chi connectivity index (χ1n) is 7.22. The molecule has 1 aromatic heterocycles. The molecule has 0 amide bonds. The summed E-state index contributed by atoms with van der Waals surface area (Å²) in [6.45, 7) is 2.54. The Bertz CT molecular complexity index is 759. The predicted molar refractivity (Wildman–Crippen MR) is 91.6 cm³/mol. The summed E-state index contributed by atoms with van der Waals surface area (Å²) >= 11 is 3.32. The maximum atomic E-state index is 10.9. The summed E-state index contributed by atoms with van der Waals surface area (Å²) in [6, 6.07) is 8.07. The number of nitrogens with zero attached hydrogens (tertiary/aromatic N) is 2. The highest BCUT2D eigenvalue weighted by molar-refractivity contribution is 9.10. The van der Waals surface area contributed by atoms with Crippen molar-refractivity contribution in [2.45, 2.75) is 13.5 Å². The zero-order valence-electron chi connectivity index (χ0n) is 13.2. The number of hydrogen-bond donors (Lipinski definition) is 1. The largest absolute Gasteiger partial charge is 0.481 e. The third kappa shape index (κ3) is 4.42. The van der Waals surface area contributed by atoms with E-state index in [4.69, 9.17) is 9.52 Å². The maximum Gasteiger partial charge on any atom is 0.307 e. The zero-order chi connectivity index (χ0) is 17.9. The van der Waals surface area contributed by atoms with E-state index in [1.807, 2.05) is 18.0 Å². The van der Waals surface area contributed by atoms with Crippen LogP contribution >= 0.6 is 15.9 Å². The third-order valence-corrected chi connectivity index (χ3v) is 4.18. The molecule has 0 aliphatic rings. The fourth-order valence-corrected chi connectivity index (χ4v) is 2.86. The lowest BCUT2D eigenvalue weighted by molar-refractivity contribution is -0.384. The van der Waals surface area contributed by atoms with Gasteiger partial charge in [0.1, 0.15) is 11.5 Å². The molecule has 1 N–H and O–H groups in total. The molecule has 0 saturated carbocycles. The van der Waals surface area contributed by atoms with Crippen molar-refractivity contribution in [1.29, 1.82) is 0 Å². The summed E-state index contributed by atoms with van der Waals surface area (Å²) in [6.07, 6.45) is 0. The van der Waals surface area contributed by atoms with E-state index in [-0.39, 0.29) is 5.69 Å². The van der Waals surface area contributed by atoms with Gasteiger partial charge in [0.2, 0.25) is 0 Å². The van der Waals surface area contributed by atoms with Gasteiger partial charge in [0.25, 0.3) is 5.69 Å². The highest BCUT2D eigenvalue weighted by Crippen LogP contribution is 2.32. The van der Waals surface area contributed by atoms with Gasteiger partial charge in [-0.25, -0.2) is 0 Å². The number of rotatable bonds is 7. The van der Waals surface area contributed by atoms with Gasteiger partial charge in [-0.1, -0.05) is 6.92 Å². The van der Waals surface area contributed by atoms with E-state index in [9.17, 15) is 14.9 Å². The number of carboxylic acids is 1. The lowest BCUT2D eigenvalue weighted by atomic mass is 10.1. The molecular weight excluding hydrogens is 380 g/mol. The molecule has 8 heteroatoms. The van der Waals surface area contributed by atoms with E-state index in [0.717, 1.165) is 0 Å². The lowest BCUT2D eigenvalue weighted by Gasteiger charge is -2.17. The van der Waals surface area contributed by atoms with E-state index in [2.05, 4.69) is 15.9 Å². The number of carbonyl (C=O) groups is 1. The van der Waals surface area contributed by atoms with E-state index in [1.54, 1.807) is 19.1 Å². The Morgan fingerprint density at radius 3 is 2.71 bits per heavy atom. The van der Waals surface area contributed by atoms with Crippen LogP contribution in [0, 0.1) is 16.0 Å². The number of hydrogen-bond acceptors (Lipinski definition) is 5. The monoisotopic (exact) mass is 396 g/mol. The Balaban J connectivity index is 2.10.